The zero-order valence-electron chi connectivity index (χ0n) is 12.9. The van der Waals surface area contributed by atoms with E-state index >= 15 is 0 Å². The molecule has 2 rings (SSSR count). The van der Waals surface area contributed by atoms with Gasteiger partial charge in [0.1, 0.15) is 0 Å². The predicted octanol–water partition coefficient (Wildman–Crippen LogP) is 1.92. The van der Waals surface area contributed by atoms with E-state index < -0.39 is 0 Å². The van der Waals surface area contributed by atoms with Gasteiger partial charge >= 0.3 is 6.03 Å². The van der Waals surface area contributed by atoms with Crippen LogP contribution in [-0.4, -0.2) is 41.0 Å². The fourth-order valence-electron chi connectivity index (χ4n) is 3.72. The summed E-state index contributed by atoms with van der Waals surface area (Å²) in [5.74, 6) is 0.504. The molecule has 1 unspecified atom stereocenters. The Bertz CT molecular complexity index is 311. The summed E-state index contributed by atoms with van der Waals surface area (Å²) in [7, 11) is 0. The molecule has 0 saturated heterocycles. The van der Waals surface area contributed by atoms with Gasteiger partial charge in [0, 0.05) is 18.7 Å². The van der Waals surface area contributed by atoms with Crippen molar-refractivity contribution in [3.8, 4) is 0 Å². The molecule has 5 heteroatoms. The van der Waals surface area contributed by atoms with E-state index in [0.29, 0.717) is 12.3 Å². The number of amides is 2. The number of urea groups is 1. The quantitative estimate of drug-likeness (QED) is 0.626. The van der Waals surface area contributed by atoms with E-state index in [0.717, 1.165) is 38.5 Å². The third-order valence-corrected chi connectivity index (χ3v) is 5.01. The summed E-state index contributed by atoms with van der Waals surface area (Å²) in [6.07, 6.45) is 9.75. The van der Waals surface area contributed by atoms with Crippen LogP contribution in [-0.2, 0) is 0 Å². The highest BCUT2D eigenvalue weighted by Gasteiger charge is 2.26. The van der Waals surface area contributed by atoms with E-state index in [1.54, 1.807) is 0 Å². The third kappa shape index (κ3) is 5.47. The maximum atomic E-state index is 12.2. The van der Waals surface area contributed by atoms with Gasteiger partial charge in [0.05, 0.1) is 6.10 Å². The van der Waals surface area contributed by atoms with Crippen LogP contribution < -0.4 is 10.6 Å². The summed E-state index contributed by atoms with van der Waals surface area (Å²) in [5.41, 5.74) is 0. The van der Waals surface area contributed by atoms with Crippen LogP contribution in [0.2, 0.25) is 0 Å². The molecule has 4 N–H and O–H groups in total. The van der Waals surface area contributed by atoms with Crippen molar-refractivity contribution in [2.24, 2.45) is 5.92 Å². The van der Waals surface area contributed by atoms with Crippen LogP contribution in [0.5, 0.6) is 0 Å². The van der Waals surface area contributed by atoms with E-state index in [4.69, 9.17) is 0 Å². The first-order valence-electron chi connectivity index (χ1n) is 8.55. The lowest BCUT2D eigenvalue weighted by Crippen LogP contribution is -2.50. The first kappa shape index (κ1) is 16.6. The third-order valence-electron chi connectivity index (χ3n) is 5.01. The fourth-order valence-corrected chi connectivity index (χ4v) is 3.72. The molecule has 0 spiro atoms. The number of aliphatic hydroxyl groups is 2. The SMILES string of the molecule is O=C(NC1CCC(O)CC1)NC(CCO)C1CCCCC1. The van der Waals surface area contributed by atoms with Crippen molar-refractivity contribution in [3.63, 3.8) is 0 Å². The molecule has 0 bridgehead atoms. The van der Waals surface area contributed by atoms with Crippen molar-refractivity contribution < 1.29 is 15.0 Å². The van der Waals surface area contributed by atoms with E-state index in [1.165, 1.54) is 19.3 Å². The number of nitrogens with one attached hydrogen (secondary N) is 2. The Morgan fingerprint density at radius 1 is 1.05 bits per heavy atom. The average molecular weight is 298 g/mol. The molecule has 2 fully saturated rings. The van der Waals surface area contributed by atoms with Crippen LogP contribution >= 0.6 is 0 Å². The smallest absolute Gasteiger partial charge is 0.315 e. The normalized spacial score (nSPS) is 28.9. The van der Waals surface area contributed by atoms with E-state index in [1.807, 2.05) is 0 Å². The lowest BCUT2D eigenvalue weighted by Gasteiger charge is -2.32. The Hall–Kier alpha value is -0.810. The molecule has 0 aromatic rings. The standard InChI is InChI=1S/C16H30N2O3/c19-11-10-15(12-4-2-1-3-5-12)18-16(21)17-13-6-8-14(20)9-7-13/h12-15,19-20H,1-11H2,(H2,17,18,21). The van der Waals surface area contributed by atoms with E-state index in [9.17, 15) is 15.0 Å². The first-order valence-corrected chi connectivity index (χ1v) is 8.55. The molecule has 0 aromatic heterocycles. The van der Waals surface area contributed by atoms with E-state index in [-0.39, 0.29) is 30.8 Å². The van der Waals surface area contributed by atoms with Gasteiger partial charge < -0.3 is 20.8 Å². The maximum absolute atomic E-state index is 12.2. The van der Waals surface area contributed by atoms with Crippen LogP contribution in [0.3, 0.4) is 0 Å². The molecule has 21 heavy (non-hydrogen) atoms. The second-order valence-electron chi connectivity index (χ2n) is 6.64. The number of hydrogen-bond acceptors (Lipinski definition) is 3. The second kappa shape index (κ2) is 8.59. The van der Waals surface area contributed by atoms with Crippen LogP contribution in [0.15, 0.2) is 0 Å². The second-order valence-corrected chi connectivity index (χ2v) is 6.64. The molecule has 2 amide bonds. The molecule has 2 saturated carbocycles. The summed E-state index contributed by atoms with van der Waals surface area (Å²) in [6, 6.07) is 0.152. The minimum atomic E-state index is -0.199. The molecule has 122 valence electrons. The van der Waals surface area contributed by atoms with Gasteiger partial charge in [0.15, 0.2) is 0 Å². The largest absolute Gasteiger partial charge is 0.396 e. The molecule has 0 aromatic carbocycles. The molecule has 2 aliphatic carbocycles. The zero-order valence-corrected chi connectivity index (χ0v) is 12.9. The highest BCUT2D eigenvalue weighted by atomic mass is 16.3. The molecule has 0 heterocycles. The molecular weight excluding hydrogens is 268 g/mol. The van der Waals surface area contributed by atoms with Crippen molar-refractivity contribution in [2.75, 3.05) is 6.61 Å². The molecule has 0 radical (unpaired) electrons. The summed E-state index contributed by atoms with van der Waals surface area (Å²) < 4.78 is 0. The van der Waals surface area contributed by atoms with Gasteiger partial charge in [-0.05, 0) is 50.9 Å². The molecule has 2 aliphatic rings. The average Bonchev–Trinajstić information content (AvgIpc) is 2.50. The molecule has 1 atom stereocenters. The number of rotatable bonds is 5. The first-order chi connectivity index (χ1) is 10.2. The number of hydrogen-bond donors (Lipinski definition) is 4. The van der Waals surface area contributed by atoms with Gasteiger partial charge in [-0.15, -0.1) is 0 Å². The Labute approximate surface area is 127 Å². The maximum Gasteiger partial charge on any atom is 0.315 e. The lowest BCUT2D eigenvalue weighted by atomic mass is 9.83. The van der Waals surface area contributed by atoms with Crippen LogP contribution in [0.4, 0.5) is 4.79 Å². The van der Waals surface area contributed by atoms with Crippen LogP contribution in [0.1, 0.15) is 64.2 Å². The minimum Gasteiger partial charge on any atom is -0.396 e. The van der Waals surface area contributed by atoms with Gasteiger partial charge in [-0.25, -0.2) is 4.79 Å². The van der Waals surface area contributed by atoms with Crippen molar-refractivity contribution in [1.82, 2.24) is 10.6 Å². The Morgan fingerprint density at radius 3 is 2.33 bits per heavy atom. The van der Waals surface area contributed by atoms with Crippen molar-refractivity contribution in [3.05, 3.63) is 0 Å². The summed E-state index contributed by atoms with van der Waals surface area (Å²) in [4.78, 5) is 12.2. The zero-order chi connectivity index (χ0) is 15.1. The molecule has 5 nitrogen and oxygen atoms in total. The van der Waals surface area contributed by atoms with Crippen molar-refractivity contribution in [1.29, 1.82) is 0 Å². The Morgan fingerprint density at radius 2 is 1.71 bits per heavy atom. The Kier molecular flexibility index (Phi) is 6.77. The fraction of sp³-hybridized carbons (Fsp3) is 0.938. The van der Waals surface area contributed by atoms with Crippen molar-refractivity contribution in [2.45, 2.75) is 82.4 Å². The number of carbonyl (C=O) groups is 1. The number of aliphatic hydroxyl groups excluding tert-OH is 2. The number of carbonyl (C=O) groups excluding carboxylic acids is 1. The van der Waals surface area contributed by atoms with Gasteiger partial charge in [0.25, 0.3) is 0 Å². The van der Waals surface area contributed by atoms with Gasteiger partial charge in [-0.3, -0.25) is 0 Å². The summed E-state index contributed by atoms with van der Waals surface area (Å²) in [6.45, 7) is 0.122. The van der Waals surface area contributed by atoms with Crippen molar-refractivity contribution >= 4 is 6.03 Å². The topological polar surface area (TPSA) is 81.6 Å². The summed E-state index contributed by atoms with van der Waals surface area (Å²) in [5, 5.41) is 24.8. The van der Waals surface area contributed by atoms with Gasteiger partial charge in [-0.1, -0.05) is 19.3 Å². The van der Waals surface area contributed by atoms with Gasteiger partial charge in [0.2, 0.25) is 0 Å². The molecule has 0 aliphatic heterocycles. The Balaban J connectivity index is 1.77. The van der Waals surface area contributed by atoms with E-state index in [2.05, 4.69) is 10.6 Å². The predicted molar refractivity (Wildman–Crippen MR) is 82.0 cm³/mol. The lowest BCUT2D eigenvalue weighted by molar-refractivity contribution is 0.117. The van der Waals surface area contributed by atoms with Gasteiger partial charge in [-0.2, -0.15) is 0 Å². The monoisotopic (exact) mass is 298 g/mol. The summed E-state index contributed by atoms with van der Waals surface area (Å²) >= 11 is 0. The molecular formula is C16H30N2O3. The highest BCUT2D eigenvalue weighted by Crippen LogP contribution is 2.27. The van der Waals surface area contributed by atoms with Crippen LogP contribution in [0.25, 0.3) is 0 Å². The van der Waals surface area contributed by atoms with Crippen LogP contribution in [0, 0.1) is 5.92 Å². The minimum absolute atomic E-state index is 0.0875. The highest BCUT2D eigenvalue weighted by molar-refractivity contribution is 5.74.